The Balaban J connectivity index is 2.08. The molecule has 1 fully saturated rings. The van der Waals surface area contributed by atoms with E-state index in [2.05, 4.69) is 15.9 Å². The molecule has 1 saturated heterocycles. The fraction of sp³-hybridized carbons (Fsp3) is 0.462. The summed E-state index contributed by atoms with van der Waals surface area (Å²) in [5, 5.41) is 0. The Kier molecular flexibility index (Phi) is 4.82. The maximum atomic E-state index is 12.4. The van der Waals surface area contributed by atoms with E-state index in [9.17, 15) is 13.2 Å². The number of carbonyl (C=O) groups excluding carboxylic acids is 1. The number of rotatable bonds is 4. The van der Waals surface area contributed by atoms with Gasteiger partial charge in [-0.1, -0.05) is 22.9 Å². The number of nitrogens with zero attached hydrogens (tertiary/aromatic N) is 1. The maximum Gasteiger partial charge on any atom is 0.305 e. The number of benzene rings is 1. The molecule has 7 heteroatoms. The lowest BCUT2D eigenvalue weighted by molar-refractivity contribution is -0.147. The van der Waals surface area contributed by atoms with E-state index in [4.69, 9.17) is 4.74 Å². The summed E-state index contributed by atoms with van der Waals surface area (Å²) in [4.78, 5) is 11.5. The number of ether oxygens (including phenoxy) is 1. The smallest absolute Gasteiger partial charge is 0.305 e. The molecule has 0 bridgehead atoms. The van der Waals surface area contributed by atoms with Crippen LogP contribution in [0.2, 0.25) is 0 Å². The molecular weight excluding hydrogens is 346 g/mol. The second-order valence-corrected chi connectivity index (χ2v) is 7.42. The van der Waals surface area contributed by atoms with Crippen LogP contribution in [0.1, 0.15) is 19.8 Å². The van der Waals surface area contributed by atoms with Gasteiger partial charge in [-0.3, -0.25) is 4.79 Å². The van der Waals surface area contributed by atoms with E-state index in [1.54, 1.807) is 31.2 Å². The van der Waals surface area contributed by atoms with Gasteiger partial charge in [0, 0.05) is 17.4 Å². The van der Waals surface area contributed by atoms with E-state index in [1.807, 2.05) is 0 Å². The Morgan fingerprint density at radius 2 is 2.05 bits per heavy atom. The van der Waals surface area contributed by atoms with Gasteiger partial charge in [-0.2, -0.15) is 4.31 Å². The SMILES string of the molecule is CCC(=O)OC1CCN(S(=O)(=O)c2ccc(Br)cc2)C1. The van der Waals surface area contributed by atoms with Gasteiger partial charge >= 0.3 is 5.97 Å². The van der Waals surface area contributed by atoms with Gasteiger partial charge in [0.1, 0.15) is 6.10 Å². The number of sulfonamides is 1. The number of hydrogen-bond acceptors (Lipinski definition) is 4. The molecule has 1 aliphatic rings. The van der Waals surface area contributed by atoms with Crippen molar-refractivity contribution in [1.82, 2.24) is 4.31 Å². The Labute approximate surface area is 127 Å². The summed E-state index contributed by atoms with van der Waals surface area (Å²) in [6.45, 7) is 2.32. The van der Waals surface area contributed by atoms with Crippen LogP contribution in [0.4, 0.5) is 0 Å². The Bertz CT molecular complexity index is 585. The lowest BCUT2D eigenvalue weighted by atomic mass is 10.3. The minimum atomic E-state index is -3.51. The molecule has 1 atom stereocenters. The summed E-state index contributed by atoms with van der Waals surface area (Å²) >= 11 is 3.27. The Morgan fingerprint density at radius 1 is 1.40 bits per heavy atom. The highest BCUT2D eigenvalue weighted by molar-refractivity contribution is 9.10. The van der Waals surface area contributed by atoms with Crippen molar-refractivity contribution in [3.8, 4) is 0 Å². The van der Waals surface area contributed by atoms with Gasteiger partial charge in [-0.25, -0.2) is 8.42 Å². The van der Waals surface area contributed by atoms with Crippen molar-refractivity contribution in [3.63, 3.8) is 0 Å². The van der Waals surface area contributed by atoms with Gasteiger partial charge in [-0.15, -0.1) is 0 Å². The second kappa shape index (κ2) is 6.24. The standard InChI is InChI=1S/C13H16BrNO4S/c1-2-13(16)19-11-7-8-15(9-11)20(17,18)12-5-3-10(14)4-6-12/h3-6,11H,2,7-9H2,1H3. The summed E-state index contributed by atoms with van der Waals surface area (Å²) in [5.74, 6) is -0.294. The van der Waals surface area contributed by atoms with Crippen LogP contribution in [-0.2, 0) is 19.6 Å². The van der Waals surface area contributed by atoms with Gasteiger partial charge < -0.3 is 4.74 Å². The molecule has 0 aliphatic carbocycles. The minimum Gasteiger partial charge on any atom is -0.461 e. The summed E-state index contributed by atoms with van der Waals surface area (Å²) < 4.78 is 32.2. The van der Waals surface area contributed by atoms with Gasteiger partial charge in [-0.05, 0) is 30.7 Å². The van der Waals surface area contributed by atoms with Crippen LogP contribution in [0, 0.1) is 0 Å². The number of halogens is 1. The molecule has 110 valence electrons. The summed E-state index contributed by atoms with van der Waals surface area (Å²) in [7, 11) is -3.51. The lowest BCUT2D eigenvalue weighted by Gasteiger charge is -2.16. The van der Waals surface area contributed by atoms with Crippen molar-refractivity contribution in [3.05, 3.63) is 28.7 Å². The van der Waals surface area contributed by atoms with E-state index >= 15 is 0 Å². The number of carbonyl (C=O) groups is 1. The van der Waals surface area contributed by atoms with Crippen LogP contribution in [-0.4, -0.2) is 37.9 Å². The van der Waals surface area contributed by atoms with E-state index in [1.165, 1.54) is 4.31 Å². The molecule has 0 aromatic heterocycles. The average molecular weight is 362 g/mol. The summed E-state index contributed by atoms with van der Waals surface area (Å²) in [5.41, 5.74) is 0. The van der Waals surface area contributed by atoms with Crippen LogP contribution in [0.5, 0.6) is 0 Å². The van der Waals surface area contributed by atoms with Crippen LogP contribution < -0.4 is 0 Å². The molecule has 1 aromatic carbocycles. The molecular formula is C13H16BrNO4S. The van der Waals surface area contributed by atoms with E-state index in [0.29, 0.717) is 19.4 Å². The van der Waals surface area contributed by atoms with Gasteiger partial charge in [0.2, 0.25) is 10.0 Å². The molecule has 2 rings (SSSR count). The highest BCUT2D eigenvalue weighted by Gasteiger charge is 2.34. The molecule has 1 unspecified atom stereocenters. The zero-order valence-electron chi connectivity index (χ0n) is 11.1. The van der Waals surface area contributed by atoms with Gasteiger partial charge in [0.05, 0.1) is 11.4 Å². The van der Waals surface area contributed by atoms with Crippen LogP contribution in [0.15, 0.2) is 33.6 Å². The summed E-state index contributed by atoms with van der Waals surface area (Å²) in [6, 6.07) is 6.50. The first kappa shape index (κ1) is 15.5. The normalized spacial score (nSPS) is 20.0. The average Bonchev–Trinajstić information content (AvgIpc) is 2.88. The topological polar surface area (TPSA) is 63.7 Å². The van der Waals surface area contributed by atoms with Gasteiger partial charge in [0.15, 0.2) is 0 Å². The molecule has 0 radical (unpaired) electrons. The maximum absolute atomic E-state index is 12.4. The molecule has 5 nitrogen and oxygen atoms in total. The quantitative estimate of drug-likeness (QED) is 0.770. The van der Waals surface area contributed by atoms with E-state index < -0.39 is 10.0 Å². The summed E-state index contributed by atoms with van der Waals surface area (Å²) in [6.07, 6.45) is 0.505. The molecule has 0 saturated carbocycles. The predicted octanol–water partition coefficient (Wildman–Crippen LogP) is 2.17. The van der Waals surface area contributed by atoms with Crippen molar-refractivity contribution < 1.29 is 17.9 Å². The Hall–Kier alpha value is -0.920. The number of esters is 1. The van der Waals surface area contributed by atoms with Crippen molar-refractivity contribution in [2.45, 2.75) is 30.8 Å². The zero-order chi connectivity index (χ0) is 14.8. The second-order valence-electron chi connectivity index (χ2n) is 4.57. The van der Waals surface area contributed by atoms with Crippen LogP contribution in [0.25, 0.3) is 0 Å². The molecule has 1 heterocycles. The van der Waals surface area contributed by atoms with Crippen molar-refractivity contribution in [1.29, 1.82) is 0 Å². The molecule has 0 amide bonds. The molecule has 0 spiro atoms. The van der Waals surface area contributed by atoms with Gasteiger partial charge in [0.25, 0.3) is 0 Å². The molecule has 20 heavy (non-hydrogen) atoms. The van der Waals surface area contributed by atoms with E-state index in [0.717, 1.165) is 4.47 Å². The zero-order valence-corrected chi connectivity index (χ0v) is 13.5. The third-order valence-electron chi connectivity index (χ3n) is 3.15. The van der Waals surface area contributed by atoms with Crippen LogP contribution >= 0.6 is 15.9 Å². The first-order chi connectivity index (χ1) is 9.43. The highest BCUT2D eigenvalue weighted by atomic mass is 79.9. The third kappa shape index (κ3) is 3.39. The Morgan fingerprint density at radius 3 is 2.65 bits per heavy atom. The van der Waals surface area contributed by atoms with Crippen molar-refractivity contribution in [2.75, 3.05) is 13.1 Å². The molecule has 1 aliphatic heterocycles. The van der Waals surface area contributed by atoms with E-state index in [-0.39, 0.29) is 23.5 Å². The van der Waals surface area contributed by atoms with Crippen molar-refractivity contribution in [2.24, 2.45) is 0 Å². The predicted molar refractivity (Wildman–Crippen MR) is 77.7 cm³/mol. The molecule has 1 aromatic rings. The number of hydrogen-bond donors (Lipinski definition) is 0. The highest BCUT2D eigenvalue weighted by Crippen LogP contribution is 2.23. The minimum absolute atomic E-state index is 0.226. The van der Waals surface area contributed by atoms with Crippen molar-refractivity contribution >= 4 is 31.9 Å². The van der Waals surface area contributed by atoms with Crippen LogP contribution in [0.3, 0.4) is 0 Å². The fourth-order valence-electron chi connectivity index (χ4n) is 2.04. The first-order valence-corrected chi connectivity index (χ1v) is 8.62. The third-order valence-corrected chi connectivity index (χ3v) is 5.55. The lowest BCUT2D eigenvalue weighted by Crippen LogP contribution is -2.30. The molecule has 0 N–H and O–H groups in total. The first-order valence-electron chi connectivity index (χ1n) is 6.38. The fourth-order valence-corrected chi connectivity index (χ4v) is 3.79. The largest absolute Gasteiger partial charge is 0.461 e. The monoisotopic (exact) mass is 361 g/mol.